The van der Waals surface area contributed by atoms with Crippen LogP contribution in [0.4, 0.5) is 23.0 Å². The van der Waals surface area contributed by atoms with E-state index in [0.29, 0.717) is 5.95 Å². The van der Waals surface area contributed by atoms with E-state index in [-0.39, 0.29) is 11.3 Å². The number of carboxylic acids is 1. The van der Waals surface area contributed by atoms with Crippen molar-refractivity contribution in [3.05, 3.63) is 70.5 Å². The van der Waals surface area contributed by atoms with Gasteiger partial charge < -0.3 is 14.8 Å². The molecular formula is C21H25N7O4. The molecule has 0 unspecified atom stereocenters. The van der Waals surface area contributed by atoms with Gasteiger partial charge in [-0.15, -0.1) is 4.68 Å². The maximum Gasteiger partial charge on any atom is 0.435 e. The number of non-ortho nitro benzene ring substituents is 1. The van der Waals surface area contributed by atoms with E-state index in [2.05, 4.69) is 46.2 Å². The number of nitrogens with zero attached hydrogens (tertiary/aromatic N) is 7. The van der Waals surface area contributed by atoms with Gasteiger partial charge in [0.25, 0.3) is 5.69 Å². The predicted molar refractivity (Wildman–Crippen MR) is 116 cm³/mol. The third-order valence-electron chi connectivity index (χ3n) is 4.45. The third-order valence-corrected chi connectivity index (χ3v) is 4.45. The molecule has 2 aromatic carbocycles. The number of hydrogen-bond donors (Lipinski definition) is 0. The maximum atomic E-state index is 10.2. The van der Waals surface area contributed by atoms with Gasteiger partial charge in [-0.3, -0.25) is 10.1 Å². The first-order valence-electron chi connectivity index (χ1n) is 9.87. The largest absolute Gasteiger partial charge is 0.545 e. The van der Waals surface area contributed by atoms with Gasteiger partial charge in [0.2, 0.25) is 0 Å². The highest BCUT2D eigenvalue weighted by molar-refractivity contribution is 5.85. The van der Waals surface area contributed by atoms with Gasteiger partial charge in [-0.25, -0.2) is 4.57 Å². The first kappa shape index (κ1) is 24.1. The van der Waals surface area contributed by atoms with E-state index in [0.717, 1.165) is 43.0 Å². The number of carbonyl (C=O) groups is 1. The standard InChI is InChI=1S/C14H21N6.C7H5NO4/c1-5-20(6-2)13-9-7-12(8-10-13)15-16-14-17-19(4)11-18(14)3;9-7(10)5-1-3-6(4-2-5)8(11)12/h7-11H,5-6H2,1-4H3;1-4H,(H,9,10)/q+1;/p-1. The second-order valence-corrected chi connectivity index (χ2v) is 6.68. The molecule has 1 heterocycles. The van der Waals surface area contributed by atoms with Crippen molar-refractivity contribution in [2.24, 2.45) is 24.3 Å². The number of aryl methyl sites for hydroxylation is 2. The Hall–Kier alpha value is -4.15. The third kappa shape index (κ3) is 6.69. The van der Waals surface area contributed by atoms with Crippen molar-refractivity contribution in [3.8, 4) is 0 Å². The molecule has 0 bridgehead atoms. The number of anilines is 1. The van der Waals surface area contributed by atoms with Gasteiger partial charge in [0, 0.05) is 41.1 Å². The summed E-state index contributed by atoms with van der Waals surface area (Å²) in [5.74, 6) is -0.759. The lowest BCUT2D eigenvalue weighted by atomic mass is 10.2. The minimum Gasteiger partial charge on any atom is -0.545 e. The fourth-order valence-electron chi connectivity index (χ4n) is 2.77. The molecule has 0 radical (unpaired) electrons. The Balaban J connectivity index is 0.000000258. The van der Waals surface area contributed by atoms with Crippen LogP contribution in [0.2, 0.25) is 0 Å². The van der Waals surface area contributed by atoms with E-state index in [4.69, 9.17) is 0 Å². The van der Waals surface area contributed by atoms with Crippen molar-refractivity contribution in [1.82, 2.24) is 9.78 Å². The zero-order chi connectivity index (χ0) is 23.7. The van der Waals surface area contributed by atoms with Crippen molar-refractivity contribution in [3.63, 3.8) is 0 Å². The first-order valence-corrected chi connectivity index (χ1v) is 9.87. The Morgan fingerprint density at radius 2 is 1.69 bits per heavy atom. The van der Waals surface area contributed by atoms with Crippen molar-refractivity contribution < 1.29 is 19.4 Å². The maximum absolute atomic E-state index is 10.2. The molecular weight excluding hydrogens is 414 g/mol. The smallest absolute Gasteiger partial charge is 0.435 e. The van der Waals surface area contributed by atoms with Crippen LogP contribution in [0.1, 0.15) is 24.2 Å². The number of rotatable bonds is 7. The summed E-state index contributed by atoms with van der Waals surface area (Å²) in [7, 11) is 3.75. The van der Waals surface area contributed by atoms with Crippen LogP contribution in [-0.2, 0) is 14.1 Å². The highest BCUT2D eigenvalue weighted by Gasteiger charge is 2.10. The number of nitro groups is 1. The van der Waals surface area contributed by atoms with Gasteiger partial charge in [0.1, 0.15) is 0 Å². The molecule has 11 nitrogen and oxygen atoms in total. The topological polar surface area (TPSA) is 133 Å². The fourth-order valence-corrected chi connectivity index (χ4v) is 2.77. The van der Waals surface area contributed by atoms with Crippen molar-refractivity contribution >= 4 is 29.0 Å². The van der Waals surface area contributed by atoms with E-state index >= 15 is 0 Å². The molecule has 0 atom stereocenters. The van der Waals surface area contributed by atoms with Crippen LogP contribution in [0, 0.1) is 10.1 Å². The fraction of sp³-hybridized carbons (Fsp3) is 0.286. The molecule has 1 aromatic heterocycles. The minimum absolute atomic E-state index is 0.0689. The van der Waals surface area contributed by atoms with Crippen LogP contribution in [0.3, 0.4) is 0 Å². The second-order valence-electron chi connectivity index (χ2n) is 6.68. The molecule has 0 saturated heterocycles. The van der Waals surface area contributed by atoms with Gasteiger partial charge in [0.05, 0.1) is 30.7 Å². The van der Waals surface area contributed by atoms with Crippen molar-refractivity contribution in [1.29, 1.82) is 0 Å². The zero-order valence-corrected chi connectivity index (χ0v) is 18.4. The molecule has 0 aliphatic heterocycles. The number of aromatic nitrogens is 3. The number of benzene rings is 2. The second kappa shape index (κ2) is 11.3. The monoisotopic (exact) mass is 439 g/mol. The van der Waals surface area contributed by atoms with Crippen molar-refractivity contribution in [2.45, 2.75) is 13.8 Å². The summed E-state index contributed by atoms with van der Waals surface area (Å²) in [6.45, 7) is 6.30. The van der Waals surface area contributed by atoms with Gasteiger partial charge in [-0.1, -0.05) is 5.11 Å². The SMILES string of the molecule is CCN(CC)c1ccc(N=Nc2nn(C)c[n+]2C)cc1.O=C([O-])c1ccc([N+](=O)[O-])cc1. The quantitative estimate of drug-likeness (QED) is 0.240. The lowest BCUT2D eigenvalue weighted by molar-refractivity contribution is -0.659. The van der Waals surface area contributed by atoms with Gasteiger partial charge >= 0.3 is 5.95 Å². The molecule has 32 heavy (non-hydrogen) atoms. The predicted octanol–water partition coefficient (Wildman–Crippen LogP) is 2.46. The van der Waals surface area contributed by atoms with E-state index < -0.39 is 10.9 Å². The molecule has 168 valence electrons. The van der Waals surface area contributed by atoms with Crippen LogP contribution < -0.4 is 14.6 Å². The number of carboxylic acid groups (broad SMARTS) is 1. The Morgan fingerprint density at radius 1 is 1.09 bits per heavy atom. The Kier molecular flexibility index (Phi) is 8.52. The number of hydrogen-bond acceptors (Lipinski definition) is 8. The summed E-state index contributed by atoms with van der Waals surface area (Å²) >= 11 is 0. The molecule has 0 fully saturated rings. The lowest BCUT2D eigenvalue weighted by Gasteiger charge is -2.20. The van der Waals surface area contributed by atoms with Gasteiger partial charge in [-0.05, 0) is 55.8 Å². The van der Waals surface area contributed by atoms with E-state index in [9.17, 15) is 20.0 Å². The summed E-state index contributed by atoms with van der Waals surface area (Å²) in [4.78, 5) is 22.0. The summed E-state index contributed by atoms with van der Waals surface area (Å²) in [6.07, 6.45) is 1.85. The molecule has 3 rings (SSSR count). The molecule has 3 aromatic rings. The van der Waals surface area contributed by atoms with Gasteiger partial charge in [-0.2, -0.15) is 0 Å². The van der Waals surface area contributed by atoms with E-state index in [1.165, 1.54) is 5.69 Å². The summed E-state index contributed by atoms with van der Waals surface area (Å²) in [5, 5.41) is 32.9. The summed E-state index contributed by atoms with van der Waals surface area (Å²) in [5.41, 5.74) is 1.82. The first-order chi connectivity index (χ1) is 15.2. The Labute approximate surface area is 185 Å². The lowest BCUT2D eigenvalue weighted by Crippen LogP contribution is -2.24. The Morgan fingerprint density at radius 3 is 2.12 bits per heavy atom. The highest BCUT2D eigenvalue weighted by Crippen LogP contribution is 2.20. The molecule has 0 N–H and O–H groups in total. The molecule has 0 amide bonds. The number of azo groups is 1. The summed E-state index contributed by atoms with van der Waals surface area (Å²) < 4.78 is 3.53. The minimum atomic E-state index is -1.34. The van der Waals surface area contributed by atoms with E-state index in [1.54, 1.807) is 4.68 Å². The average molecular weight is 439 g/mol. The number of aromatic carboxylic acids is 1. The average Bonchev–Trinajstić information content (AvgIpc) is 3.11. The van der Waals surface area contributed by atoms with Crippen LogP contribution in [0.5, 0.6) is 0 Å². The normalized spacial score (nSPS) is 10.5. The Bertz CT molecular complexity index is 1040. The molecule has 11 heteroatoms. The van der Waals surface area contributed by atoms with Gasteiger partial charge in [0.15, 0.2) is 6.33 Å². The number of nitro benzene ring substituents is 1. The molecule has 0 aliphatic carbocycles. The summed E-state index contributed by atoms with van der Waals surface area (Å²) in [6, 6.07) is 12.6. The van der Waals surface area contributed by atoms with Crippen LogP contribution in [0.15, 0.2) is 65.1 Å². The van der Waals surface area contributed by atoms with Crippen molar-refractivity contribution in [2.75, 3.05) is 18.0 Å². The van der Waals surface area contributed by atoms with Crippen LogP contribution in [0.25, 0.3) is 0 Å². The molecule has 0 aliphatic rings. The van der Waals surface area contributed by atoms with Crippen LogP contribution >= 0.6 is 0 Å². The van der Waals surface area contributed by atoms with E-state index in [1.807, 2.05) is 37.1 Å². The zero-order valence-electron chi connectivity index (χ0n) is 18.4. The van der Waals surface area contributed by atoms with Crippen LogP contribution in [-0.4, -0.2) is 33.8 Å². The molecule has 0 saturated carbocycles. The number of carbonyl (C=O) groups excluding carboxylic acids is 1. The highest BCUT2D eigenvalue weighted by atomic mass is 16.6. The molecule has 0 spiro atoms.